The predicted octanol–water partition coefficient (Wildman–Crippen LogP) is 36.4. The largest absolute Gasteiger partial charge is 0.311 e. The number of benzene rings is 22. The molecule has 25 aromatic rings. The molecule has 25 rings (SSSR count). The summed E-state index contributed by atoms with van der Waals surface area (Å²) in [4.78, 5) is 7.03. The molecule has 0 N–H and O–H groups in total. The van der Waals surface area contributed by atoms with Crippen molar-refractivity contribution >= 4 is 117 Å². The number of rotatable bonds is 19. The number of anilines is 9. The third kappa shape index (κ3) is 16.8. The summed E-state index contributed by atoms with van der Waals surface area (Å²) in [6.07, 6.45) is 0. The van der Waals surface area contributed by atoms with Gasteiger partial charge in [-0.1, -0.05) is 394 Å². The van der Waals surface area contributed by atoms with E-state index in [-0.39, 0.29) is 0 Å². The van der Waals surface area contributed by atoms with Crippen LogP contribution in [0.3, 0.4) is 0 Å². The third-order valence-corrected chi connectivity index (χ3v) is 26.4. The first-order chi connectivity index (χ1) is 68.5. The van der Waals surface area contributed by atoms with Crippen molar-refractivity contribution in [1.29, 1.82) is 0 Å². The van der Waals surface area contributed by atoms with Gasteiger partial charge in [-0.3, -0.25) is 0 Å². The minimum atomic E-state index is 1.10. The van der Waals surface area contributed by atoms with Crippen LogP contribution in [0.5, 0.6) is 0 Å². The van der Waals surface area contributed by atoms with Crippen molar-refractivity contribution in [2.24, 2.45) is 0 Å². The number of aromatic nitrogens is 3. The molecule has 6 nitrogen and oxygen atoms in total. The average Bonchev–Trinajstić information content (AvgIpc) is 1.47. The quantitative estimate of drug-likeness (QED) is 0.0806. The highest BCUT2D eigenvalue weighted by Crippen LogP contribution is 2.46. The van der Waals surface area contributed by atoms with Crippen LogP contribution in [0, 0.1) is 0 Å². The molecular formula is C132H94N6. The molecule has 0 radical (unpaired) electrons. The number of hydrogen-bond donors (Lipinski definition) is 0. The lowest BCUT2D eigenvalue weighted by Gasteiger charge is -2.28. The maximum atomic E-state index is 2.37. The summed E-state index contributed by atoms with van der Waals surface area (Å²) in [5, 5.41) is 7.62. The Labute approximate surface area is 804 Å². The molecule has 0 saturated carbocycles. The van der Waals surface area contributed by atoms with Crippen LogP contribution < -0.4 is 14.7 Å². The van der Waals surface area contributed by atoms with E-state index in [0.29, 0.717) is 0 Å². The third-order valence-electron chi connectivity index (χ3n) is 26.4. The van der Waals surface area contributed by atoms with E-state index in [1.165, 1.54) is 143 Å². The molecule has 6 heteroatoms. The fourth-order valence-corrected chi connectivity index (χ4v) is 19.7. The topological polar surface area (TPSA) is 24.5 Å². The van der Waals surface area contributed by atoms with Crippen LogP contribution in [0.4, 0.5) is 51.2 Å². The molecule has 3 aromatic heterocycles. The smallest absolute Gasteiger partial charge is 0.0541 e. The SMILES string of the molecule is c1ccc(-c2ccc(N(c3ccc(-c4ccccc4)cc3)c3ccc(-c4ccc(-n5c6ccccc6c6ccccc65)cc4)cc3)cc2)cc1.c1ccc(-c2ccc(N(c3ccc(-c4ccccc4)cc3)c3ccc(-n4c5ccccc5c5ccccc54)cc3)cc2)cc1.c1ccc(-c2ccc(N(c3ccc(-n4c5ccccc5c5ccccc54)cc3)c3ccccc3-c3ccccc3)cc2)cc1. The predicted molar refractivity (Wildman–Crippen MR) is 584 cm³/mol. The molecule has 3 heterocycles. The van der Waals surface area contributed by atoms with Crippen LogP contribution in [0.15, 0.2) is 570 Å². The van der Waals surface area contributed by atoms with Crippen molar-refractivity contribution in [3.8, 4) is 95.0 Å². The number of nitrogens with zero attached hydrogens (tertiary/aromatic N) is 6. The number of para-hydroxylation sites is 7. The Balaban J connectivity index is 0.000000116. The van der Waals surface area contributed by atoms with E-state index in [0.717, 1.165) is 68.2 Å². The van der Waals surface area contributed by atoms with Crippen molar-refractivity contribution in [1.82, 2.24) is 13.7 Å². The van der Waals surface area contributed by atoms with E-state index < -0.39 is 0 Å². The van der Waals surface area contributed by atoms with Gasteiger partial charge in [0.25, 0.3) is 0 Å². The zero-order valence-corrected chi connectivity index (χ0v) is 76.0. The molecule has 0 atom stereocenters. The minimum Gasteiger partial charge on any atom is -0.311 e. The highest BCUT2D eigenvalue weighted by atomic mass is 15.2. The number of fused-ring (bicyclic) bond motifs is 9. The van der Waals surface area contributed by atoms with E-state index >= 15 is 0 Å². The van der Waals surface area contributed by atoms with E-state index in [4.69, 9.17) is 0 Å². The van der Waals surface area contributed by atoms with Crippen molar-refractivity contribution < 1.29 is 0 Å². The van der Waals surface area contributed by atoms with E-state index in [1.807, 2.05) is 0 Å². The van der Waals surface area contributed by atoms with Gasteiger partial charge in [0, 0.05) is 100 Å². The maximum Gasteiger partial charge on any atom is 0.0541 e. The normalized spacial score (nSPS) is 11.2. The first-order valence-corrected chi connectivity index (χ1v) is 47.2. The molecular weight excluding hydrogens is 1670 g/mol. The molecule has 0 saturated heterocycles. The lowest BCUT2D eigenvalue weighted by Crippen LogP contribution is -2.11. The Morgan fingerprint density at radius 3 is 0.486 bits per heavy atom. The molecule has 0 unspecified atom stereocenters. The van der Waals surface area contributed by atoms with Gasteiger partial charge >= 0.3 is 0 Å². The lowest BCUT2D eigenvalue weighted by atomic mass is 10.0. The summed E-state index contributed by atoms with van der Waals surface area (Å²) >= 11 is 0. The fourth-order valence-electron chi connectivity index (χ4n) is 19.7. The molecule has 0 aliphatic carbocycles. The van der Waals surface area contributed by atoms with Gasteiger partial charge in [0.05, 0.1) is 38.8 Å². The molecule has 0 aliphatic heterocycles. The van der Waals surface area contributed by atoms with Gasteiger partial charge < -0.3 is 28.4 Å². The Kier molecular flexibility index (Phi) is 23.2. The summed E-state index contributed by atoms with van der Waals surface area (Å²) in [5.41, 5.74) is 37.6. The first kappa shape index (κ1) is 83.9. The monoisotopic (exact) mass is 1760 g/mol. The summed E-state index contributed by atoms with van der Waals surface area (Å²) in [6, 6.07) is 204. The average molecular weight is 1760 g/mol. The van der Waals surface area contributed by atoms with Crippen LogP contribution in [-0.4, -0.2) is 13.7 Å². The van der Waals surface area contributed by atoms with Crippen molar-refractivity contribution in [2.45, 2.75) is 0 Å². The molecule has 0 bridgehead atoms. The van der Waals surface area contributed by atoms with Crippen molar-refractivity contribution in [2.75, 3.05) is 14.7 Å². The Hall–Kier alpha value is -18.4. The van der Waals surface area contributed by atoms with Gasteiger partial charge in [-0.05, 0) is 248 Å². The minimum absolute atomic E-state index is 1.10. The van der Waals surface area contributed by atoms with Crippen LogP contribution >= 0.6 is 0 Å². The van der Waals surface area contributed by atoms with Gasteiger partial charge in [0.1, 0.15) is 0 Å². The fraction of sp³-hybridized carbons (Fsp3) is 0. The Morgan fingerprint density at radius 1 is 0.109 bits per heavy atom. The second-order valence-electron chi connectivity index (χ2n) is 34.7. The highest BCUT2D eigenvalue weighted by molar-refractivity contribution is 6.12. The summed E-state index contributed by atoms with van der Waals surface area (Å²) < 4.78 is 7.09. The molecule has 0 aliphatic rings. The molecule has 652 valence electrons. The standard InChI is InChI=1S/C48H34N2.2C42H30N2/c1-3-11-35(12-4-1)37-19-27-41(28-20-37)49(42-29-21-38(22-30-42)36-13-5-2-6-14-36)43-31-23-39(24-32-43)40-25-33-44(34-26-40)50-47-17-9-7-15-45(47)46-16-8-10-18-48(46)50;1-3-13-31(14-4-1)32-23-25-34(26-24-32)43(40-20-10-7-17-37(40)33-15-5-2-6-16-33)35-27-29-36(30-28-35)44-41-21-11-8-18-38(41)39-19-9-12-22-42(39)44;1-3-11-31(12-4-1)33-19-23-35(24-20-33)43(36-25-21-34(22-26-36)32-13-5-2-6-14-32)37-27-29-38(30-28-37)44-41-17-9-7-15-39(41)40-16-8-10-18-42(40)44/h1-34H;2*1-30H. The molecule has 0 spiro atoms. The van der Waals surface area contributed by atoms with Crippen LogP contribution in [-0.2, 0) is 0 Å². The number of hydrogen-bond acceptors (Lipinski definition) is 3. The van der Waals surface area contributed by atoms with Crippen LogP contribution in [0.1, 0.15) is 0 Å². The van der Waals surface area contributed by atoms with Crippen LogP contribution in [0.25, 0.3) is 160 Å². The molecule has 138 heavy (non-hydrogen) atoms. The molecule has 0 amide bonds. The maximum absolute atomic E-state index is 2.37. The van der Waals surface area contributed by atoms with Crippen molar-refractivity contribution in [3.63, 3.8) is 0 Å². The summed E-state index contributed by atoms with van der Waals surface area (Å²) in [5.74, 6) is 0. The van der Waals surface area contributed by atoms with Gasteiger partial charge in [-0.25, -0.2) is 0 Å². The second kappa shape index (κ2) is 38.1. The first-order valence-electron chi connectivity index (χ1n) is 47.2. The van der Waals surface area contributed by atoms with Gasteiger partial charge in [0.15, 0.2) is 0 Å². The Bertz CT molecular complexity index is 8180. The zero-order valence-electron chi connectivity index (χ0n) is 76.0. The Morgan fingerprint density at radius 2 is 0.261 bits per heavy atom. The molecule has 22 aromatic carbocycles. The van der Waals surface area contributed by atoms with E-state index in [1.54, 1.807) is 0 Å². The van der Waals surface area contributed by atoms with Crippen molar-refractivity contribution in [3.05, 3.63) is 570 Å². The van der Waals surface area contributed by atoms with E-state index in [2.05, 4.69) is 599 Å². The van der Waals surface area contributed by atoms with Gasteiger partial charge in [-0.2, -0.15) is 0 Å². The van der Waals surface area contributed by atoms with Gasteiger partial charge in [-0.15, -0.1) is 0 Å². The summed E-state index contributed by atoms with van der Waals surface area (Å²) in [6.45, 7) is 0. The van der Waals surface area contributed by atoms with Crippen LogP contribution in [0.2, 0.25) is 0 Å². The highest BCUT2D eigenvalue weighted by Gasteiger charge is 2.23. The molecule has 0 fully saturated rings. The van der Waals surface area contributed by atoms with E-state index in [9.17, 15) is 0 Å². The lowest BCUT2D eigenvalue weighted by molar-refractivity contribution is 1.17. The zero-order chi connectivity index (χ0) is 91.9. The second-order valence-corrected chi connectivity index (χ2v) is 34.7. The summed E-state index contributed by atoms with van der Waals surface area (Å²) in [7, 11) is 0. The van der Waals surface area contributed by atoms with Gasteiger partial charge in [0.2, 0.25) is 0 Å².